The third-order valence-electron chi connectivity index (χ3n) is 3.35. The van der Waals surface area contributed by atoms with E-state index in [9.17, 15) is 19.5 Å². The smallest absolute Gasteiger partial charge is 0.356 e. The van der Waals surface area contributed by atoms with E-state index in [0.29, 0.717) is 0 Å². The van der Waals surface area contributed by atoms with Gasteiger partial charge < -0.3 is 20.6 Å². The van der Waals surface area contributed by atoms with Crippen LogP contribution in [-0.2, 0) is 11.2 Å². The van der Waals surface area contributed by atoms with E-state index in [0.717, 1.165) is 18.0 Å². The summed E-state index contributed by atoms with van der Waals surface area (Å²) in [7, 11) is 0. The number of aliphatic hydroxyl groups excluding tert-OH is 1. The lowest BCUT2D eigenvalue weighted by atomic mass is 10.0. The number of aromatic nitrogens is 2. The first kappa shape index (κ1) is 18.0. The fourth-order valence-corrected chi connectivity index (χ4v) is 2.08. The Morgan fingerprint density at radius 1 is 1.00 bits per heavy atom. The predicted molar refractivity (Wildman–Crippen MR) is 84.0 cm³/mol. The third-order valence-corrected chi connectivity index (χ3v) is 3.35. The predicted octanol–water partition coefficient (Wildman–Crippen LogP) is -0.0386. The van der Waals surface area contributed by atoms with Crippen molar-refractivity contribution in [1.82, 2.24) is 15.3 Å². The Kier molecular flexibility index (Phi) is 5.75. The maximum absolute atomic E-state index is 12.2. The maximum atomic E-state index is 12.2. The Morgan fingerprint density at radius 2 is 1.60 bits per heavy atom. The normalized spacial score (nSPS) is 12.8. The Balaban J connectivity index is 2.16. The molecule has 9 nitrogen and oxygen atoms in total. The molecule has 0 aliphatic rings. The van der Waals surface area contributed by atoms with Crippen molar-refractivity contribution in [2.45, 2.75) is 18.6 Å². The van der Waals surface area contributed by atoms with Gasteiger partial charge in [-0.2, -0.15) is 0 Å². The number of carbonyl (C=O) groups excluding carboxylic acids is 1. The van der Waals surface area contributed by atoms with Crippen LogP contribution in [0.3, 0.4) is 0 Å². The summed E-state index contributed by atoms with van der Waals surface area (Å²) in [5, 5.41) is 30.0. The van der Waals surface area contributed by atoms with E-state index in [4.69, 9.17) is 10.2 Å². The number of amides is 1. The summed E-state index contributed by atoms with van der Waals surface area (Å²) < 4.78 is 0. The molecule has 1 heterocycles. The largest absolute Gasteiger partial charge is 0.479 e. The molecule has 0 aliphatic heterocycles. The van der Waals surface area contributed by atoms with Crippen molar-refractivity contribution in [3.63, 3.8) is 0 Å². The number of aliphatic hydroxyl groups is 1. The molecule has 9 heteroatoms. The van der Waals surface area contributed by atoms with Crippen LogP contribution in [-0.4, -0.2) is 55.3 Å². The molecule has 2 atom stereocenters. The molecule has 0 saturated heterocycles. The van der Waals surface area contributed by atoms with Crippen molar-refractivity contribution in [1.29, 1.82) is 0 Å². The molecule has 1 amide bonds. The molecule has 0 fully saturated rings. The van der Waals surface area contributed by atoms with Gasteiger partial charge in [-0.05, 0) is 12.0 Å². The quantitative estimate of drug-likeness (QED) is 0.546. The Labute approximate surface area is 142 Å². The first-order chi connectivity index (χ1) is 11.9. The Bertz CT molecular complexity index is 763. The van der Waals surface area contributed by atoms with E-state index in [-0.39, 0.29) is 17.8 Å². The van der Waals surface area contributed by atoms with Crippen molar-refractivity contribution in [2.75, 3.05) is 0 Å². The SMILES string of the molecule is O=C(O)c1cnc(C(=O)N[C@H](Cc2ccccc2)[C@@H](O)C(=O)O)cn1. The second-order valence-corrected chi connectivity index (χ2v) is 5.14. The van der Waals surface area contributed by atoms with Crippen molar-refractivity contribution in [3.8, 4) is 0 Å². The minimum Gasteiger partial charge on any atom is -0.479 e. The van der Waals surface area contributed by atoms with Gasteiger partial charge in [0.15, 0.2) is 11.8 Å². The lowest BCUT2D eigenvalue weighted by Gasteiger charge is -2.21. The monoisotopic (exact) mass is 345 g/mol. The molecule has 4 N–H and O–H groups in total. The van der Waals surface area contributed by atoms with Crippen LogP contribution in [0.1, 0.15) is 26.5 Å². The Morgan fingerprint density at radius 3 is 2.12 bits per heavy atom. The molecule has 0 spiro atoms. The second kappa shape index (κ2) is 7.97. The van der Waals surface area contributed by atoms with E-state index in [1.807, 2.05) is 0 Å². The Hall–Kier alpha value is -3.33. The summed E-state index contributed by atoms with van der Waals surface area (Å²) in [5.41, 5.74) is 0.198. The lowest BCUT2D eigenvalue weighted by Crippen LogP contribution is -2.48. The number of carboxylic acid groups (broad SMARTS) is 2. The fourth-order valence-electron chi connectivity index (χ4n) is 2.08. The molecular formula is C16H15N3O6. The van der Waals surface area contributed by atoms with Crippen LogP contribution in [0.2, 0.25) is 0 Å². The molecule has 130 valence electrons. The van der Waals surface area contributed by atoms with Gasteiger partial charge in [-0.1, -0.05) is 30.3 Å². The number of carboxylic acids is 2. The fraction of sp³-hybridized carbons (Fsp3) is 0.188. The first-order valence-electron chi connectivity index (χ1n) is 7.19. The molecule has 1 aromatic carbocycles. The van der Waals surface area contributed by atoms with E-state index in [2.05, 4.69) is 15.3 Å². The number of hydrogen-bond acceptors (Lipinski definition) is 6. The van der Waals surface area contributed by atoms with Crippen molar-refractivity contribution >= 4 is 17.8 Å². The van der Waals surface area contributed by atoms with Gasteiger partial charge in [-0.25, -0.2) is 19.6 Å². The van der Waals surface area contributed by atoms with Crippen LogP contribution in [0.25, 0.3) is 0 Å². The number of aromatic carboxylic acids is 1. The minimum absolute atomic E-state index is 0.0840. The molecule has 1 aromatic heterocycles. The highest BCUT2D eigenvalue weighted by Gasteiger charge is 2.28. The molecule has 2 rings (SSSR count). The van der Waals surface area contributed by atoms with Gasteiger partial charge >= 0.3 is 11.9 Å². The molecule has 2 aromatic rings. The number of nitrogens with one attached hydrogen (secondary N) is 1. The standard InChI is InChI=1S/C16H15N3O6/c20-13(16(24)25)10(6-9-4-2-1-3-5-9)19-14(21)11-7-18-12(8-17-11)15(22)23/h1-5,7-8,10,13,20H,6H2,(H,19,21)(H,22,23)(H,24,25)/t10-,13-/m1/s1. The number of aliphatic carboxylic acids is 1. The summed E-state index contributed by atoms with van der Waals surface area (Å²) in [5.74, 6) is -3.54. The maximum Gasteiger partial charge on any atom is 0.356 e. The topological polar surface area (TPSA) is 150 Å². The van der Waals surface area contributed by atoms with Crippen LogP contribution in [0, 0.1) is 0 Å². The highest BCUT2D eigenvalue weighted by atomic mass is 16.4. The van der Waals surface area contributed by atoms with E-state index in [1.54, 1.807) is 30.3 Å². The lowest BCUT2D eigenvalue weighted by molar-refractivity contribution is -0.148. The molecule has 0 bridgehead atoms. The van der Waals surface area contributed by atoms with Crippen LogP contribution in [0.15, 0.2) is 42.7 Å². The minimum atomic E-state index is -1.82. The second-order valence-electron chi connectivity index (χ2n) is 5.14. The molecular weight excluding hydrogens is 330 g/mol. The number of benzene rings is 1. The summed E-state index contributed by atoms with van der Waals surface area (Å²) in [6.07, 6.45) is 0.138. The zero-order valence-electron chi connectivity index (χ0n) is 12.9. The number of nitrogens with zero attached hydrogens (tertiary/aromatic N) is 2. The third kappa shape index (κ3) is 4.82. The molecule has 25 heavy (non-hydrogen) atoms. The molecule has 0 saturated carbocycles. The zero-order chi connectivity index (χ0) is 18.4. The van der Waals surface area contributed by atoms with Crippen LogP contribution in [0.5, 0.6) is 0 Å². The van der Waals surface area contributed by atoms with Gasteiger partial charge in [-0.3, -0.25) is 4.79 Å². The average molecular weight is 345 g/mol. The van der Waals surface area contributed by atoms with Crippen molar-refractivity contribution in [2.24, 2.45) is 0 Å². The first-order valence-corrected chi connectivity index (χ1v) is 7.19. The van der Waals surface area contributed by atoms with Gasteiger partial charge in [-0.15, -0.1) is 0 Å². The summed E-state index contributed by atoms with van der Waals surface area (Å²) in [6.45, 7) is 0. The zero-order valence-corrected chi connectivity index (χ0v) is 12.9. The van der Waals surface area contributed by atoms with Gasteiger partial charge in [0.05, 0.1) is 18.4 Å². The van der Waals surface area contributed by atoms with Crippen LogP contribution in [0.4, 0.5) is 0 Å². The van der Waals surface area contributed by atoms with E-state index >= 15 is 0 Å². The average Bonchev–Trinajstić information content (AvgIpc) is 2.61. The van der Waals surface area contributed by atoms with Crippen molar-refractivity contribution in [3.05, 3.63) is 59.7 Å². The molecule has 0 unspecified atom stereocenters. The van der Waals surface area contributed by atoms with Crippen molar-refractivity contribution < 1.29 is 29.7 Å². The highest BCUT2D eigenvalue weighted by molar-refractivity contribution is 5.93. The summed E-state index contributed by atoms with van der Waals surface area (Å²) >= 11 is 0. The number of hydrogen-bond donors (Lipinski definition) is 4. The number of carbonyl (C=O) groups is 3. The van der Waals surface area contributed by atoms with Gasteiger partial charge in [0.25, 0.3) is 5.91 Å². The van der Waals surface area contributed by atoms with Gasteiger partial charge in [0.1, 0.15) is 5.69 Å². The van der Waals surface area contributed by atoms with Crippen LogP contribution >= 0.6 is 0 Å². The molecule has 0 aliphatic carbocycles. The highest BCUT2D eigenvalue weighted by Crippen LogP contribution is 2.08. The number of rotatable bonds is 7. The molecule has 0 radical (unpaired) electrons. The van der Waals surface area contributed by atoms with Gasteiger partial charge in [0, 0.05) is 0 Å². The summed E-state index contributed by atoms with van der Waals surface area (Å²) in [4.78, 5) is 41.2. The van der Waals surface area contributed by atoms with E-state index in [1.165, 1.54) is 0 Å². The van der Waals surface area contributed by atoms with Gasteiger partial charge in [0.2, 0.25) is 0 Å². The van der Waals surface area contributed by atoms with E-state index < -0.39 is 30.0 Å². The summed E-state index contributed by atoms with van der Waals surface area (Å²) in [6, 6.07) is 7.64. The van der Waals surface area contributed by atoms with Crippen LogP contribution < -0.4 is 5.32 Å².